The van der Waals surface area contributed by atoms with E-state index in [0.29, 0.717) is 24.1 Å². The van der Waals surface area contributed by atoms with Crippen LogP contribution >= 0.6 is 0 Å². The molecule has 2 rings (SSSR count). The summed E-state index contributed by atoms with van der Waals surface area (Å²) in [4.78, 5) is 197. The molecule has 1 aromatic heterocycles. The number of aliphatic carboxylic acids is 1. The number of imidazole rings is 1. The summed E-state index contributed by atoms with van der Waals surface area (Å²) in [5.74, 6) is -13.2. The number of H-pyrrole nitrogens is 1. The van der Waals surface area contributed by atoms with Crippen LogP contribution < -0.4 is 92.5 Å². The van der Waals surface area contributed by atoms with E-state index in [1.807, 2.05) is 0 Å². The molecule has 0 aliphatic carbocycles. The number of nitrogens with two attached hydrogens (primary N) is 5. The van der Waals surface area contributed by atoms with E-state index in [1.165, 1.54) is 54.1 Å². The number of amides is 13. The van der Waals surface area contributed by atoms with Gasteiger partial charge in [-0.25, -0.2) is 4.98 Å². The van der Waals surface area contributed by atoms with Gasteiger partial charge in [-0.1, -0.05) is 44.2 Å². The molecule has 0 aliphatic rings. The minimum Gasteiger partial charge on any atom is -0.481 e. The van der Waals surface area contributed by atoms with E-state index in [9.17, 15) is 72.2 Å². The summed E-state index contributed by atoms with van der Waals surface area (Å²) in [6.07, 6.45) is 0.730. The molecule has 14 atom stereocenters. The number of aromatic amines is 1. The van der Waals surface area contributed by atoms with Gasteiger partial charge in [0.15, 0.2) is 5.96 Å². The quantitative estimate of drug-likeness (QED) is 0.0167. The highest BCUT2D eigenvalue weighted by atomic mass is 16.4. The molecule has 25 N–H and O–H groups in total. The molecule has 2 aromatic rings. The molecule has 36 heteroatoms. The molecule has 534 valence electrons. The van der Waals surface area contributed by atoms with E-state index < -0.39 is 180 Å². The number of carboxylic acids is 1. The number of carbonyl (C=O) groups excluding carboxylic acids is 13. The van der Waals surface area contributed by atoms with Crippen molar-refractivity contribution in [2.24, 2.45) is 39.6 Å². The topological polar surface area (TPSA) is 595 Å². The van der Waals surface area contributed by atoms with Crippen molar-refractivity contribution in [1.29, 1.82) is 0 Å². The first-order valence-corrected chi connectivity index (χ1v) is 31.4. The average molecular weight is 1360 g/mol. The van der Waals surface area contributed by atoms with E-state index in [2.05, 4.69) is 78.8 Å². The number of aliphatic hydroxyl groups excluding tert-OH is 1. The number of nitrogens with zero attached hydrogens (tertiary/aromatic N) is 2. The Morgan fingerprint density at radius 2 is 0.906 bits per heavy atom. The zero-order valence-corrected chi connectivity index (χ0v) is 55.6. The maximum atomic E-state index is 14.6. The summed E-state index contributed by atoms with van der Waals surface area (Å²) in [6.45, 7) is 12.7. The fraction of sp³-hybridized carbons (Fsp3) is 0.600. The Balaban J connectivity index is 2.34. The third-order valence-electron chi connectivity index (χ3n) is 14.6. The number of aromatic nitrogens is 2. The van der Waals surface area contributed by atoms with Crippen molar-refractivity contribution in [3.63, 3.8) is 0 Å². The van der Waals surface area contributed by atoms with Crippen LogP contribution in [0.3, 0.4) is 0 Å². The lowest BCUT2D eigenvalue weighted by molar-refractivity contribution is -0.139. The molecule has 0 bridgehead atoms. The fourth-order valence-electron chi connectivity index (χ4n) is 8.97. The van der Waals surface area contributed by atoms with E-state index >= 15 is 0 Å². The number of nitrogens with one attached hydrogen (secondary N) is 13. The Labute approximate surface area is 556 Å². The maximum Gasteiger partial charge on any atom is 0.303 e. The van der Waals surface area contributed by atoms with Crippen molar-refractivity contribution in [2.75, 3.05) is 13.1 Å². The van der Waals surface area contributed by atoms with Crippen molar-refractivity contribution in [1.82, 2.24) is 73.8 Å². The predicted octanol–water partition coefficient (Wildman–Crippen LogP) is -6.58. The van der Waals surface area contributed by atoms with Crippen molar-refractivity contribution >= 4 is 88.7 Å². The molecule has 96 heavy (non-hydrogen) atoms. The Kier molecular flexibility index (Phi) is 35.8. The summed E-state index contributed by atoms with van der Waals surface area (Å²) in [5, 5.41) is 49.5. The number of carbonyl (C=O) groups is 14. The van der Waals surface area contributed by atoms with Crippen molar-refractivity contribution in [3.05, 3.63) is 54.1 Å². The van der Waals surface area contributed by atoms with Crippen LogP contribution in [0.1, 0.15) is 125 Å². The van der Waals surface area contributed by atoms with Gasteiger partial charge >= 0.3 is 5.97 Å². The SMILES string of the molecule is CC(C)C[C@H](NC(=O)[C@H](Cc1ccccc1)NC(=O)[C@H](CCCCN)NC(=O)[C@H](C)NC(=O)[C@H](C)NC(=O)[C@H](C)NC(=O)[C@@H](NC(=O)[C@H](CCC(=O)O)NC(=O)[C@H](C)N)[C@@H](C)O)C(=O)N[C@@H](CCCN=C(N)N)C(=O)N[C@@H](C)C(=O)N[C@@H](Cc1cnc[nH]1)C(=O)N[C@@H](C)C(N)=O. The zero-order chi connectivity index (χ0) is 72.5. The van der Waals surface area contributed by atoms with Gasteiger partial charge in [0, 0.05) is 37.7 Å². The largest absolute Gasteiger partial charge is 0.481 e. The molecule has 0 aliphatic heterocycles. The lowest BCUT2D eigenvalue weighted by Crippen LogP contribution is -2.61. The summed E-state index contributed by atoms with van der Waals surface area (Å²) < 4.78 is 0. The molecule has 0 spiro atoms. The van der Waals surface area contributed by atoms with Crippen LogP contribution in [0.25, 0.3) is 0 Å². The van der Waals surface area contributed by atoms with Gasteiger partial charge < -0.3 is 108 Å². The van der Waals surface area contributed by atoms with Crippen LogP contribution in [0.2, 0.25) is 0 Å². The Hall–Kier alpha value is -9.84. The highest BCUT2D eigenvalue weighted by Crippen LogP contribution is 2.12. The maximum absolute atomic E-state index is 14.6. The monoisotopic (exact) mass is 1350 g/mol. The molecule has 0 unspecified atom stereocenters. The van der Waals surface area contributed by atoms with Crippen molar-refractivity contribution in [2.45, 2.75) is 211 Å². The molecule has 13 amide bonds. The summed E-state index contributed by atoms with van der Waals surface area (Å²) in [5.41, 5.74) is 28.8. The van der Waals surface area contributed by atoms with Gasteiger partial charge in [-0.3, -0.25) is 72.1 Å². The third-order valence-corrected chi connectivity index (χ3v) is 14.6. The number of carboxylic acid groups (broad SMARTS) is 1. The van der Waals surface area contributed by atoms with Gasteiger partial charge in [0.05, 0.1) is 18.5 Å². The van der Waals surface area contributed by atoms with Crippen LogP contribution in [0.5, 0.6) is 0 Å². The Morgan fingerprint density at radius 1 is 0.490 bits per heavy atom. The second-order valence-electron chi connectivity index (χ2n) is 23.7. The van der Waals surface area contributed by atoms with Gasteiger partial charge in [-0.2, -0.15) is 0 Å². The Bertz CT molecular complexity index is 2980. The van der Waals surface area contributed by atoms with Gasteiger partial charge in [-0.05, 0) is 111 Å². The highest BCUT2D eigenvalue weighted by molar-refractivity contribution is 6.00. The van der Waals surface area contributed by atoms with E-state index in [-0.39, 0.29) is 63.5 Å². The molecular formula is C60H98N20O16. The molecule has 0 fully saturated rings. The van der Waals surface area contributed by atoms with E-state index in [0.717, 1.165) is 6.92 Å². The summed E-state index contributed by atoms with van der Waals surface area (Å²) in [7, 11) is 0. The summed E-state index contributed by atoms with van der Waals surface area (Å²) >= 11 is 0. The van der Waals surface area contributed by atoms with Gasteiger partial charge in [-0.15, -0.1) is 0 Å². The summed E-state index contributed by atoms with van der Waals surface area (Å²) in [6, 6.07) is -9.15. The number of hydrogen-bond donors (Lipinski definition) is 20. The Morgan fingerprint density at radius 3 is 1.41 bits per heavy atom. The molecule has 36 nitrogen and oxygen atoms in total. The first-order chi connectivity index (χ1) is 45.0. The number of aliphatic imine (C=N–C) groups is 1. The van der Waals surface area contributed by atoms with Crippen LogP contribution in [-0.2, 0) is 80.0 Å². The molecule has 0 saturated heterocycles. The standard InChI is InChI=1S/C60H98N20O16/c1-29(2)24-42(57(94)76-40(19-15-23-67-60(64)65)53(90)72-35(8)52(89)77-44(26-38-27-66-28-68-38)56(93)69-31(4)47(63)84)78-58(95)43(25-37-16-11-10-12-17-37)79-54(91)39(18-13-14-22-61)75-51(88)34(7)71-49(86)32(5)70-50(87)33(6)73-59(96)46(36(9)81)80-55(92)41(20-21-45(82)83)74-48(85)30(3)62/h10-12,16-17,27-36,39-44,46,81H,13-15,18-26,61-62H2,1-9H3,(H2,63,84)(H,66,68)(H,69,93)(H,70,87)(H,71,86)(H,72,90)(H,73,96)(H,74,85)(H,75,88)(H,76,94)(H,77,89)(H,78,95)(H,79,91)(H,80,92)(H,82,83)(H4,64,65,67)/t30-,31-,32-,33-,34-,35-,36+,39-,40-,41-,42-,43-,44-,46-/m0/s1. The lowest BCUT2D eigenvalue weighted by atomic mass is 10.00. The van der Waals surface area contributed by atoms with E-state index in [4.69, 9.17) is 33.8 Å². The molecule has 1 aromatic carbocycles. The number of hydrogen-bond acceptors (Lipinski definition) is 19. The third kappa shape index (κ3) is 30.5. The fourth-order valence-corrected chi connectivity index (χ4v) is 8.97. The molecule has 0 radical (unpaired) electrons. The van der Waals surface area contributed by atoms with Gasteiger partial charge in [0.1, 0.15) is 72.5 Å². The molecule has 0 saturated carbocycles. The first-order valence-electron chi connectivity index (χ1n) is 31.4. The van der Waals surface area contributed by atoms with Crippen molar-refractivity contribution < 1.29 is 77.3 Å². The normalized spacial score (nSPS) is 15.4. The smallest absolute Gasteiger partial charge is 0.303 e. The predicted molar refractivity (Wildman–Crippen MR) is 348 cm³/mol. The second kappa shape index (κ2) is 41.8. The number of primary amides is 1. The lowest BCUT2D eigenvalue weighted by Gasteiger charge is -2.28. The van der Waals surface area contributed by atoms with Gasteiger partial charge in [0.25, 0.3) is 0 Å². The molecule has 1 heterocycles. The van der Waals surface area contributed by atoms with Crippen molar-refractivity contribution in [3.8, 4) is 0 Å². The van der Waals surface area contributed by atoms with E-state index in [1.54, 1.807) is 44.2 Å². The van der Waals surface area contributed by atoms with Crippen LogP contribution in [0, 0.1) is 5.92 Å². The number of guanidine groups is 1. The first kappa shape index (κ1) is 82.3. The second-order valence-corrected chi connectivity index (χ2v) is 23.7. The molecular weight excluding hydrogens is 1260 g/mol. The number of benzene rings is 1. The minimum atomic E-state index is -1.72. The zero-order valence-electron chi connectivity index (χ0n) is 55.6. The average Bonchev–Trinajstić information content (AvgIpc) is 1.28. The number of rotatable bonds is 43. The van der Waals surface area contributed by atoms with Crippen LogP contribution in [0.4, 0.5) is 0 Å². The van der Waals surface area contributed by atoms with Crippen LogP contribution in [-0.4, -0.2) is 207 Å². The minimum absolute atomic E-state index is 0.00352. The number of unbranched alkanes of at least 4 members (excludes halogenated alkanes) is 1. The number of aliphatic hydroxyl groups is 1. The van der Waals surface area contributed by atoms with Crippen LogP contribution in [0.15, 0.2) is 47.8 Å². The highest BCUT2D eigenvalue weighted by Gasteiger charge is 2.36. The van der Waals surface area contributed by atoms with Gasteiger partial charge in [0.2, 0.25) is 76.8 Å².